The third kappa shape index (κ3) is 5.30. The van der Waals surface area contributed by atoms with E-state index in [1.54, 1.807) is 7.11 Å². The van der Waals surface area contributed by atoms with E-state index >= 15 is 0 Å². The molecule has 1 aromatic heterocycles. The zero-order valence-corrected chi connectivity index (χ0v) is 17.6. The second-order valence-electron chi connectivity index (χ2n) is 7.46. The summed E-state index contributed by atoms with van der Waals surface area (Å²) in [5.74, 6) is 1.93. The molecule has 0 amide bonds. The number of rotatable bonds is 7. The van der Waals surface area contributed by atoms with Crippen molar-refractivity contribution in [3.63, 3.8) is 0 Å². The van der Waals surface area contributed by atoms with Crippen LogP contribution in [-0.4, -0.2) is 18.2 Å². The molecule has 3 aromatic rings. The van der Waals surface area contributed by atoms with Crippen molar-refractivity contribution in [1.29, 1.82) is 0 Å². The summed E-state index contributed by atoms with van der Waals surface area (Å²) in [6.45, 7) is 0. The maximum absolute atomic E-state index is 6.34. The van der Waals surface area contributed by atoms with Crippen molar-refractivity contribution in [2.75, 3.05) is 7.11 Å². The average molecular weight is 410 g/mol. The van der Waals surface area contributed by atoms with Gasteiger partial charge in [0, 0.05) is 18.3 Å². The molecule has 152 valence electrons. The Morgan fingerprint density at radius 2 is 1.62 bits per heavy atom. The first-order valence-corrected chi connectivity index (χ1v) is 10.1. The van der Waals surface area contributed by atoms with E-state index in [0.29, 0.717) is 6.10 Å². The predicted molar refractivity (Wildman–Crippen MR) is 119 cm³/mol. The van der Waals surface area contributed by atoms with Crippen LogP contribution in [-0.2, 0) is 6.42 Å². The third-order valence-corrected chi connectivity index (χ3v) is 5.58. The van der Waals surface area contributed by atoms with Gasteiger partial charge in [-0.15, -0.1) is 12.4 Å². The number of methoxy groups -OCH3 is 1. The van der Waals surface area contributed by atoms with Gasteiger partial charge in [-0.05, 0) is 73.1 Å². The molecule has 1 atom stereocenters. The molecular weight excluding hydrogens is 382 g/mol. The normalized spacial score (nSPS) is 14.8. The summed E-state index contributed by atoms with van der Waals surface area (Å²) in [6, 6.07) is 21.3. The highest BCUT2D eigenvalue weighted by Crippen LogP contribution is 2.37. The largest absolute Gasteiger partial charge is 0.493 e. The molecule has 1 saturated carbocycles. The van der Waals surface area contributed by atoms with Crippen LogP contribution in [0.1, 0.15) is 48.3 Å². The van der Waals surface area contributed by atoms with Crippen LogP contribution in [0.5, 0.6) is 11.5 Å². The summed E-state index contributed by atoms with van der Waals surface area (Å²) in [5, 5.41) is 0. The highest BCUT2D eigenvalue weighted by molar-refractivity contribution is 5.85. The molecule has 0 spiro atoms. The Labute approximate surface area is 179 Å². The summed E-state index contributed by atoms with van der Waals surface area (Å²) >= 11 is 0. The number of ether oxygens (including phenoxy) is 2. The number of hydrogen-bond donors (Lipinski definition) is 0. The SMILES string of the molecule is COc1ccc(C(Cc2ccncc2)c2ccccc2)cc1OC1CCCC1.Cl. The highest BCUT2D eigenvalue weighted by atomic mass is 35.5. The van der Waals surface area contributed by atoms with Crippen LogP contribution in [0.25, 0.3) is 0 Å². The molecule has 1 fully saturated rings. The first-order valence-electron chi connectivity index (χ1n) is 10.1. The molecule has 0 aliphatic heterocycles. The van der Waals surface area contributed by atoms with Crippen molar-refractivity contribution < 1.29 is 9.47 Å². The molecule has 0 bridgehead atoms. The number of nitrogens with zero attached hydrogens (tertiary/aromatic N) is 1. The molecule has 4 heteroatoms. The van der Waals surface area contributed by atoms with Gasteiger partial charge >= 0.3 is 0 Å². The summed E-state index contributed by atoms with van der Waals surface area (Å²) in [7, 11) is 1.71. The van der Waals surface area contributed by atoms with Gasteiger partial charge in [0.2, 0.25) is 0 Å². The van der Waals surface area contributed by atoms with Crippen molar-refractivity contribution in [2.24, 2.45) is 0 Å². The zero-order chi connectivity index (χ0) is 19.2. The lowest BCUT2D eigenvalue weighted by atomic mass is 9.86. The molecule has 0 N–H and O–H groups in total. The van der Waals surface area contributed by atoms with Crippen molar-refractivity contribution >= 4 is 12.4 Å². The molecule has 1 unspecified atom stereocenters. The van der Waals surface area contributed by atoms with E-state index in [0.717, 1.165) is 30.8 Å². The van der Waals surface area contributed by atoms with Crippen molar-refractivity contribution in [1.82, 2.24) is 4.98 Å². The van der Waals surface area contributed by atoms with E-state index < -0.39 is 0 Å². The van der Waals surface area contributed by atoms with Gasteiger partial charge < -0.3 is 9.47 Å². The lowest BCUT2D eigenvalue weighted by molar-refractivity contribution is 0.200. The molecule has 0 radical (unpaired) electrons. The standard InChI is InChI=1S/C25H27NO2.ClH/c1-27-24-12-11-21(18-25(24)28-22-9-5-6-10-22)23(20-7-3-2-4-8-20)17-19-13-15-26-16-14-19;/h2-4,7-8,11-16,18,22-23H,5-6,9-10,17H2,1H3;1H. The molecule has 1 aliphatic rings. The molecule has 1 aliphatic carbocycles. The van der Waals surface area contributed by atoms with E-state index in [1.165, 1.54) is 29.5 Å². The van der Waals surface area contributed by atoms with Crippen molar-refractivity contribution in [2.45, 2.75) is 44.1 Å². The smallest absolute Gasteiger partial charge is 0.161 e. The van der Waals surface area contributed by atoms with Crippen LogP contribution in [0.15, 0.2) is 73.1 Å². The van der Waals surface area contributed by atoms with Crippen molar-refractivity contribution in [3.8, 4) is 11.5 Å². The Bertz CT molecular complexity index is 880. The minimum Gasteiger partial charge on any atom is -0.493 e. The van der Waals surface area contributed by atoms with Gasteiger partial charge in [0.05, 0.1) is 13.2 Å². The average Bonchev–Trinajstić information content (AvgIpc) is 3.26. The predicted octanol–water partition coefficient (Wildman–Crippen LogP) is 6.21. The van der Waals surface area contributed by atoms with Crippen LogP contribution < -0.4 is 9.47 Å². The number of pyridine rings is 1. The Kier molecular flexibility index (Phi) is 7.54. The molecule has 1 heterocycles. The fraction of sp³-hybridized carbons (Fsp3) is 0.320. The van der Waals surface area contributed by atoms with Gasteiger partial charge in [-0.2, -0.15) is 0 Å². The summed E-state index contributed by atoms with van der Waals surface area (Å²) < 4.78 is 11.9. The highest BCUT2D eigenvalue weighted by Gasteiger charge is 2.21. The topological polar surface area (TPSA) is 31.4 Å². The van der Waals surface area contributed by atoms with Gasteiger partial charge in [0.1, 0.15) is 0 Å². The van der Waals surface area contributed by atoms with E-state index in [9.17, 15) is 0 Å². The van der Waals surface area contributed by atoms with E-state index in [2.05, 4.69) is 59.6 Å². The summed E-state index contributed by atoms with van der Waals surface area (Å²) in [5.41, 5.74) is 3.83. The van der Waals surface area contributed by atoms with Crippen LogP contribution in [0.3, 0.4) is 0 Å². The Morgan fingerprint density at radius 1 is 0.897 bits per heavy atom. The number of halogens is 1. The molecule has 29 heavy (non-hydrogen) atoms. The van der Waals surface area contributed by atoms with Gasteiger partial charge in [-0.1, -0.05) is 36.4 Å². The van der Waals surface area contributed by atoms with Crippen molar-refractivity contribution in [3.05, 3.63) is 89.7 Å². The Hall–Kier alpha value is -2.52. The van der Waals surface area contributed by atoms with Crippen LogP contribution in [0.2, 0.25) is 0 Å². The second kappa shape index (κ2) is 10.3. The van der Waals surface area contributed by atoms with E-state index in [4.69, 9.17) is 9.47 Å². The lowest BCUT2D eigenvalue weighted by Gasteiger charge is -2.22. The van der Waals surface area contributed by atoms with E-state index in [-0.39, 0.29) is 18.3 Å². The fourth-order valence-electron chi connectivity index (χ4n) is 4.06. The minimum absolute atomic E-state index is 0. The Morgan fingerprint density at radius 3 is 2.31 bits per heavy atom. The van der Waals surface area contributed by atoms with Gasteiger partial charge in [-0.3, -0.25) is 4.98 Å². The van der Waals surface area contributed by atoms with Crippen LogP contribution >= 0.6 is 12.4 Å². The molecular formula is C25H28ClNO2. The first-order chi connectivity index (χ1) is 13.8. The zero-order valence-electron chi connectivity index (χ0n) is 16.8. The Balaban J connectivity index is 0.00000240. The first kappa shape index (κ1) is 21.2. The summed E-state index contributed by atoms with van der Waals surface area (Å²) in [4.78, 5) is 4.16. The minimum atomic E-state index is 0. The van der Waals surface area contributed by atoms with Gasteiger partial charge in [0.25, 0.3) is 0 Å². The number of hydrogen-bond acceptors (Lipinski definition) is 3. The maximum atomic E-state index is 6.34. The van der Waals surface area contributed by atoms with Gasteiger partial charge in [-0.25, -0.2) is 0 Å². The van der Waals surface area contributed by atoms with Crippen LogP contribution in [0.4, 0.5) is 0 Å². The summed E-state index contributed by atoms with van der Waals surface area (Å²) in [6.07, 6.45) is 9.71. The molecule has 0 saturated heterocycles. The molecule has 4 rings (SSSR count). The number of benzene rings is 2. The fourth-order valence-corrected chi connectivity index (χ4v) is 4.06. The van der Waals surface area contributed by atoms with Crippen LogP contribution in [0, 0.1) is 0 Å². The van der Waals surface area contributed by atoms with E-state index in [1.807, 2.05) is 18.5 Å². The molecule has 2 aromatic carbocycles. The maximum Gasteiger partial charge on any atom is 0.161 e. The second-order valence-corrected chi connectivity index (χ2v) is 7.46. The quantitative estimate of drug-likeness (QED) is 0.465. The number of aromatic nitrogens is 1. The monoisotopic (exact) mass is 409 g/mol. The molecule has 3 nitrogen and oxygen atoms in total. The van der Waals surface area contributed by atoms with Gasteiger partial charge in [0.15, 0.2) is 11.5 Å². The lowest BCUT2D eigenvalue weighted by Crippen LogP contribution is -2.12. The third-order valence-electron chi connectivity index (χ3n) is 5.58.